The molecule has 3 N–H and O–H groups in total. The third-order valence-corrected chi connectivity index (χ3v) is 5.79. The molecule has 1 unspecified atom stereocenters. The predicted octanol–water partition coefficient (Wildman–Crippen LogP) is 0.592. The van der Waals surface area contributed by atoms with Gasteiger partial charge in [-0.15, -0.1) is 0 Å². The first kappa shape index (κ1) is 21.7. The van der Waals surface area contributed by atoms with E-state index < -0.39 is 21.8 Å². The van der Waals surface area contributed by atoms with E-state index >= 15 is 0 Å². The van der Waals surface area contributed by atoms with Gasteiger partial charge in [-0.2, -0.15) is 0 Å². The van der Waals surface area contributed by atoms with Gasteiger partial charge in [0.1, 0.15) is 6.04 Å². The summed E-state index contributed by atoms with van der Waals surface area (Å²) in [5.41, 5.74) is 0.745. The number of rotatable bonds is 5. The maximum absolute atomic E-state index is 12.5. The maximum atomic E-state index is 12.5. The Balaban J connectivity index is 1.95. The van der Waals surface area contributed by atoms with Gasteiger partial charge in [-0.3, -0.25) is 9.59 Å². The number of nitrogens with zero attached hydrogens (tertiary/aromatic N) is 1. The minimum absolute atomic E-state index is 0.0249. The molecule has 154 valence electrons. The van der Waals surface area contributed by atoms with Crippen LogP contribution < -0.4 is 16.0 Å². The van der Waals surface area contributed by atoms with Crippen molar-refractivity contribution in [2.24, 2.45) is 0 Å². The van der Waals surface area contributed by atoms with Crippen molar-refractivity contribution in [3.63, 3.8) is 0 Å². The third kappa shape index (κ3) is 6.22. The van der Waals surface area contributed by atoms with Gasteiger partial charge < -0.3 is 20.9 Å². The lowest BCUT2D eigenvalue weighted by Gasteiger charge is -2.29. The van der Waals surface area contributed by atoms with Gasteiger partial charge in [-0.1, -0.05) is 6.07 Å². The molecule has 0 spiro atoms. The minimum atomic E-state index is -3.08. The summed E-state index contributed by atoms with van der Waals surface area (Å²) in [6.07, 6.45) is 0. The second-order valence-electron chi connectivity index (χ2n) is 7.01. The number of nitrogens with one attached hydrogen (secondary N) is 3. The highest BCUT2D eigenvalue weighted by Crippen LogP contribution is 2.12. The van der Waals surface area contributed by atoms with Gasteiger partial charge in [0.05, 0.1) is 11.5 Å². The highest BCUT2D eigenvalue weighted by molar-refractivity contribution is 7.91. The van der Waals surface area contributed by atoms with Gasteiger partial charge in [0.2, 0.25) is 5.91 Å². The Morgan fingerprint density at radius 1 is 1.04 bits per heavy atom. The smallest absolute Gasteiger partial charge is 0.319 e. The average molecular weight is 410 g/mol. The number of amides is 4. The van der Waals surface area contributed by atoms with Crippen LogP contribution >= 0.6 is 0 Å². The van der Waals surface area contributed by atoms with E-state index in [4.69, 9.17) is 0 Å². The van der Waals surface area contributed by atoms with E-state index in [2.05, 4.69) is 16.0 Å². The van der Waals surface area contributed by atoms with Crippen molar-refractivity contribution in [2.75, 3.05) is 29.9 Å². The van der Waals surface area contributed by atoms with Gasteiger partial charge >= 0.3 is 6.03 Å². The lowest BCUT2D eigenvalue weighted by Crippen LogP contribution is -2.51. The summed E-state index contributed by atoms with van der Waals surface area (Å²) in [7, 11) is -3.08. The second-order valence-corrected chi connectivity index (χ2v) is 9.31. The van der Waals surface area contributed by atoms with Crippen LogP contribution in [0, 0.1) is 0 Å². The van der Waals surface area contributed by atoms with E-state index in [1.54, 1.807) is 25.1 Å². The zero-order chi connectivity index (χ0) is 20.9. The van der Waals surface area contributed by atoms with E-state index in [9.17, 15) is 22.8 Å². The van der Waals surface area contributed by atoms with Gasteiger partial charge in [0.25, 0.3) is 5.91 Å². The Morgan fingerprint density at radius 3 is 2.29 bits per heavy atom. The lowest BCUT2D eigenvalue weighted by molar-refractivity contribution is -0.132. The quantitative estimate of drug-likeness (QED) is 0.655. The molecule has 0 radical (unpaired) electrons. The molecule has 4 amide bonds. The van der Waals surface area contributed by atoms with E-state index in [0.29, 0.717) is 11.3 Å². The Kier molecular flexibility index (Phi) is 7.00. The van der Waals surface area contributed by atoms with Crippen LogP contribution in [0.5, 0.6) is 0 Å². The summed E-state index contributed by atoms with van der Waals surface area (Å²) in [5, 5.41) is 7.95. The molecule has 1 atom stereocenters. The number of hydrogen-bond donors (Lipinski definition) is 3. The standard InChI is InChI=1S/C18H26N4O5S/c1-12(2)19-18(25)21-15-6-4-5-14(11-15)16(23)20-13(3)17(24)22-7-9-28(26,27)10-8-22/h4-6,11-13H,7-10H2,1-3H3,(H,20,23)(H2,19,21,25). The monoisotopic (exact) mass is 410 g/mol. The first-order valence-electron chi connectivity index (χ1n) is 9.05. The van der Waals surface area contributed by atoms with Crippen molar-refractivity contribution in [1.29, 1.82) is 0 Å². The highest BCUT2D eigenvalue weighted by atomic mass is 32.2. The molecule has 0 bridgehead atoms. The minimum Gasteiger partial charge on any atom is -0.341 e. The fourth-order valence-corrected chi connectivity index (χ4v) is 3.92. The fraction of sp³-hybridized carbons (Fsp3) is 0.500. The van der Waals surface area contributed by atoms with Gasteiger partial charge in [-0.05, 0) is 39.0 Å². The van der Waals surface area contributed by atoms with Crippen LogP contribution in [0.1, 0.15) is 31.1 Å². The summed E-state index contributed by atoms with van der Waals surface area (Å²) < 4.78 is 23.0. The SMILES string of the molecule is CC(C)NC(=O)Nc1cccc(C(=O)NC(C)C(=O)N2CCS(=O)(=O)CC2)c1. The third-order valence-electron chi connectivity index (χ3n) is 4.18. The molecule has 1 aromatic carbocycles. The van der Waals surface area contributed by atoms with Gasteiger partial charge in [-0.25, -0.2) is 13.2 Å². The van der Waals surface area contributed by atoms with Crippen LogP contribution in [0.2, 0.25) is 0 Å². The van der Waals surface area contributed by atoms with Crippen molar-refractivity contribution in [3.8, 4) is 0 Å². The first-order chi connectivity index (χ1) is 13.1. The van der Waals surface area contributed by atoms with Crippen molar-refractivity contribution in [3.05, 3.63) is 29.8 Å². The van der Waals surface area contributed by atoms with Crippen LogP contribution in [0.25, 0.3) is 0 Å². The number of sulfone groups is 1. The first-order valence-corrected chi connectivity index (χ1v) is 10.9. The molecule has 1 aliphatic rings. The number of benzene rings is 1. The molecule has 1 aromatic rings. The van der Waals surface area contributed by atoms with Crippen molar-refractivity contribution in [1.82, 2.24) is 15.5 Å². The Bertz CT molecular complexity index is 839. The topological polar surface area (TPSA) is 125 Å². The van der Waals surface area contributed by atoms with E-state index in [-0.39, 0.29) is 42.6 Å². The normalized spacial score (nSPS) is 16.9. The number of anilines is 1. The average Bonchev–Trinajstić information content (AvgIpc) is 2.60. The van der Waals surface area contributed by atoms with E-state index in [1.807, 2.05) is 13.8 Å². The zero-order valence-corrected chi connectivity index (χ0v) is 17.0. The highest BCUT2D eigenvalue weighted by Gasteiger charge is 2.28. The molecule has 9 nitrogen and oxygen atoms in total. The van der Waals surface area contributed by atoms with Crippen molar-refractivity contribution < 1.29 is 22.8 Å². The molecular weight excluding hydrogens is 384 g/mol. The fourth-order valence-electron chi connectivity index (χ4n) is 2.72. The van der Waals surface area contributed by atoms with Crippen LogP contribution in [0.15, 0.2) is 24.3 Å². The predicted molar refractivity (Wildman–Crippen MR) is 106 cm³/mol. The Morgan fingerprint density at radius 2 is 1.68 bits per heavy atom. The lowest BCUT2D eigenvalue weighted by atomic mass is 10.1. The molecule has 1 saturated heterocycles. The molecule has 1 fully saturated rings. The largest absolute Gasteiger partial charge is 0.341 e. The van der Waals surface area contributed by atoms with E-state index in [1.165, 1.54) is 11.0 Å². The molecule has 1 aliphatic heterocycles. The molecule has 2 rings (SSSR count). The maximum Gasteiger partial charge on any atom is 0.319 e. The van der Waals surface area contributed by atoms with E-state index in [0.717, 1.165) is 0 Å². The van der Waals surface area contributed by atoms with Gasteiger partial charge in [0.15, 0.2) is 9.84 Å². The van der Waals surface area contributed by atoms with Crippen molar-refractivity contribution in [2.45, 2.75) is 32.9 Å². The molecule has 1 heterocycles. The molecular formula is C18H26N4O5S. The van der Waals surface area contributed by atoms with Crippen LogP contribution in [0.4, 0.5) is 10.5 Å². The van der Waals surface area contributed by atoms with Gasteiger partial charge in [0, 0.05) is 30.4 Å². The second kappa shape index (κ2) is 9.05. The number of hydrogen-bond acceptors (Lipinski definition) is 5. The Labute approximate surface area is 164 Å². The molecule has 0 aliphatic carbocycles. The van der Waals surface area contributed by atoms with Crippen LogP contribution in [-0.4, -0.2) is 67.8 Å². The summed E-state index contributed by atoms with van der Waals surface area (Å²) in [5.74, 6) is -0.913. The summed E-state index contributed by atoms with van der Waals surface area (Å²) >= 11 is 0. The molecule has 0 aromatic heterocycles. The molecule has 10 heteroatoms. The molecule has 28 heavy (non-hydrogen) atoms. The number of carbonyl (C=O) groups is 3. The summed E-state index contributed by atoms with van der Waals surface area (Å²) in [6.45, 7) is 5.48. The number of carbonyl (C=O) groups excluding carboxylic acids is 3. The van der Waals surface area contributed by atoms with Crippen LogP contribution in [0.3, 0.4) is 0 Å². The molecule has 0 saturated carbocycles. The summed E-state index contributed by atoms with van der Waals surface area (Å²) in [6, 6.07) is 5.17. The number of urea groups is 1. The summed E-state index contributed by atoms with van der Waals surface area (Å²) in [4.78, 5) is 38.1. The van der Waals surface area contributed by atoms with Crippen LogP contribution in [-0.2, 0) is 14.6 Å². The van der Waals surface area contributed by atoms with Crippen molar-refractivity contribution >= 4 is 33.4 Å². The zero-order valence-electron chi connectivity index (χ0n) is 16.2. The Hall–Kier alpha value is -2.62.